The minimum absolute atomic E-state index is 0.0662. The van der Waals surface area contributed by atoms with Crippen molar-refractivity contribution in [3.63, 3.8) is 0 Å². The number of carbonyl (C=O) groups is 3. The van der Waals surface area contributed by atoms with E-state index in [9.17, 15) is 14.4 Å². The molecule has 2 aromatic heterocycles. The first kappa shape index (κ1) is 27.8. The van der Waals surface area contributed by atoms with Crippen molar-refractivity contribution in [2.75, 3.05) is 11.1 Å². The van der Waals surface area contributed by atoms with Gasteiger partial charge in [0.1, 0.15) is 5.00 Å². The number of amides is 3. The summed E-state index contributed by atoms with van der Waals surface area (Å²) in [6.45, 7) is 8.55. The lowest BCUT2D eigenvalue weighted by Gasteiger charge is -2.22. The first-order valence-electron chi connectivity index (χ1n) is 12.9. The van der Waals surface area contributed by atoms with E-state index in [1.807, 2.05) is 50.5 Å². The lowest BCUT2D eigenvalue weighted by molar-refractivity contribution is -0.113. The Bertz CT molecular complexity index is 1350. The molecule has 0 aliphatic heterocycles. The molecule has 1 aliphatic rings. The molecule has 3 aromatic rings. The minimum atomic E-state index is -0.504. The number of rotatable bonds is 10. The van der Waals surface area contributed by atoms with E-state index in [1.165, 1.54) is 23.1 Å². The van der Waals surface area contributed by atoms with Crippen LogP contribution >= 0.6 is 23.1 Å². The molecule has 202 valence electrons. The molecule has 0 saturated carbocycles. The van der Waals surface area contributed by atoms with Crippen LogP contribution in [0, 0.1) is 12.8 Å². The summed E-state index contributed by atoms with van der Waals surface area (Å²) in [7, 11) is 0. The zero-order valence-electron chi connectivity index (χ0n) is 22.2. The number of anilines is 1. The predicted octanol–water partition coefficient (Wildman–Crippen LogP) is 4.50. The highest BCUT2D eigenvalue weighted by molar-refractivity contribution is 7.99. The Hall–Kier alpha value is -3.18. The highest BCUT2D eigenvalue weighted by atomic mass is 32.2. The fourth-order valence-corrected chi connectivity index (χ4v) is 6.80. The SMILES string of the molecule is CCn1c(SCC(=O)Nc2sc3c(c2C(N)=O)CCCC3)nnc1C(NC(=O)c1cccc(C)c1)C(C)C. The van der Waals surface area contributed by atoms with E-state index < -0.39 is 5.91 Å². The van der Waals surface area contributed by atoms with Crippen molar-refractivity contribution < 1.29 is 14.4 Å². The molecule has 9 nitrogen and oxygen atoms in total. The summed E-state index contributed by atoms with van der Waals surface area (Å²) < 4.78 is 1.93. The average molecular weight is 555 g/mol. The summed E-state index contributed by atoms with van der Waals surface area (Å²) in [6.07, 6.45) is 3.82. The van der Waals surface area contributed by atoms with Crippen LogP contribution in [0.1, 0.15) is 82.2 Å². The van der Waals surface area contributed by atoms with Gasteiger partial charge in [-0.25, -0.2) is 0 Å². The molecule has 2 heterocycles. The molecule has 38 heavy (non-hydrogen) atoms. The van der Waals surface area contributed by atoms with Gasteiger partial charge in [0.05, 0.1) is 17.4 Å². The lowest BCUT2D eigenvalue weighted by atomic mass is 9.95. The van der Waals surface area contributed by atoms with Crippen LogP contribution in [0.2, 0.25) is 0 Å². The number of nitrogens with two attached hydrogens (primary N) is 1. The van der Waals surface area contributed by atoms with Crippen molar-refractivity contribution in [2.24, 2.45) is 11.7 Å². The Morgan fingerprint density at radius 2 is 1.95 bits per heavy atom. The van der Waals surface area contributed by atoms with Crippen molar-refractivity contribution in [2.45, 2.75) is 71.1 Å². The number of nitrogens with one attached hydrogen (secondary N) is 2. The number of nitrogens with zero attached hydrogens (tertiary/aromatic N) is 3. The molecule has 0 fully saturated rings. The summed E-state index contributed by atoms with van der Waals surface area (Å²) in [5, 5.41) is 15.9. The van der Waals surface area contributed by atoms with Gasteiger partial charge in [0.25, 0.3) is 11.8 Å². The molecule has 1 aromatic carbocycles. The first-order valence-corrected chi connectivity index (χ1v) is 14.7. The van der Waals surface area contributed by atoms with Crippen LogP contribution in [0.3, 0.4) is 0 Å². The summed E-state index contributed by atoms with van der Waals surface area (Å²) in [4.78, 5) is 39.1. The number of aryl methyl sites for hydroxylation is 2. The molecule has 11 heteroatoms. The number of hydrogen-bond donors (Lipinski definition) is 3. The zero-order chi connectivity index (χ0) is 27.4. The smallest absolute Gasteiger partial charge is 0.251 e. The van der Waals surface area contributed by atoms with Gasteiger partial charge in [-0.2, -0.15) is 0 Å². The largest absolute Gasteiger partial charge is 0.365 e. The van der Waals surface area contributed by atoms with Crippen LogP contribution in [-0.2, 0) is 24.2 Å². The number of hydrogen-bond acceptors (Lipinski definition) is 7. The van der Waals surface area contributed by atoms with Crippen molar-refractivity contribution in [3.05, 3.63) is 57.2 Å². The lowest BCUT2D eigenvalue weighted by Crippen LogP contribution is -2.33. The van der Waals surface area contributed by atoms with Gasteiger partial charge < -0.3 is 20.9 Å². The second kappa shape index (κ2) is 12.1. The number of primary amides is 1. The summed E-state index contributed by atoms with van der Waals surface area (Å²) in [5.41, 5.74) is 8.70. The van der Waals surface area contributed by atoms with Gasteiger partial charge in [0.15, 0.2) is 11.0 Å². The van der Waals surface area contributed by atoms with Crippen LogP contribution in [-0.4, -0.2) is 38.2 Å². The molecule has 0 bridgehead atoms. The van der Waals surface area contributed by atoms with E-state index in [-0.39, 0.29) is 29.5 Å². The Morgan fingerprint density at radius 3 is 2.63 bits per heavy atom. The van der Waals surface area contributed by atoms with Crippen LogP contribution in [0.4, 0.5) is 5.00 Å². The van der Waals surface area contributed by atoms with Crippen LogP contribution < -0.4 is 16.4 Å². The highest BCUT2D eigenvalue weighted by Crippen LogP contribution is 2.38. The van der Waals surface area contributed by atoms with Gasteiger partial charge in [-0.05, 0) is 63.1 Å². The molecular formula is C27H34N6O3S2. The number of fused-ring (bicyclic) bond motifs is 1. The number of carbonyl (C=O) groups excluding carboxylic acids is 3. The molecule has 0 spiro atoms. The Balaban J connectivity index is 1.46. The van der Waals surface area contributed by atoms with Crippen molar-refractivity contribution in [1.82, 2.24) is 20.1 Å². The monoisotopic (exact) mass is 554 g/mol. The van der Waals surface area contributed by atoms with Gasteiger partial charge in [-0.3, -0.25) is 14.4 Å². The Labute approximate surface area is 231 Å². The average Bonchev–Trinajstić information content (AvgIpc) is 3.46. The quantitative estimate of drug-likeness (QED) is 0.316. The summed E-state index contributed by atoms with van der Waals surface area (Å²) in [5.74, 6) is -0.104. The van der Waals surface area contributed by atoms with E-state index in [2.05, 4.69) is 20.8 Å². The standard InChI is InChI=1S/C27H34N6O3S2/c1-5-33-24(22(15(2)3)30-25(36)17-10-8-9-16(4)13-17)31-32-27(33)37-14-20(34)29-26-21(23(28)35)18-11-6-7-12-19(18)38-26/h8-10,13,15,22H,5-7,11-12,14H2,1-4H3,(H2,28,35)(H,29,34)(H,30,36). The molecule has 1 atom stereocenters. The highest BCUT2D eigenvalue weighted by Gasteiger charge is 2.27. The van der Waals surface area contributed by atoms with E-state index in [0.717, 1.165) is 41.7 Å². The number of thioether (sulfide) groups is 1. The third kappa shape index (κ3) is 6.10. The second-order valence-corrected chi connectivity index (χ2v) is 11.8. The van der Waals surface area contributed by atoms with Gasteiger partial charge in [0.2, 0.25) is 5.91 Å². The first-order chi connectivity index (χ1) is 18.2. The Kier molecular flexibility index (Phi) is 8.88. The van der Waals surface area contributed by atoms with Crippen LogP contribution in [0.5, 0.6) is 0 Å². The van der Waals surface area contributed by atoms with Crippen molar-refractivity contribution in [3.8, 4) is 0 Å². The van der Waals surface area contributed by atoms with Crippen molar-refractivity contribution >= 4 is 45.8 Å². The molecule has 0 saturated heterocycles. The topological polar surface area (TPSA) is 132 Å². The predicted molar refractivity (Wildman–Crippen MR) is 151 cm³/mol. The maximum atomic E-state index is 13.0. The maximum absolute atomic E-state index is 13.0. The minimum Gasteiger partial charge on any atom is -0.365 e. The molecule has 4 rings (SSSR count). The fraction of sp³-hybridized carbons (Fsp3) is 0.444. The summed E-state index contributed by atoms with van der Waals surface area (Å²) in [6, 6.07) is 7.10. The normalized spacial score (nSPS) is 13.7. The number of thiophene rings is 1. The van der Waals surface area contributed by atoms with E-state index in [4.69, 9.17) is 5.73 Å². The molecule has 3 amide bonds. The summed E-state index contributed by atoms with van der Waals surface area (Å²) >= 11 is 2.72. The van der Waals surface area contributed by atoms with E-state index >= 15 is 0 Å². The molecule has 0 radical (unpaired) electrons. The van der Waals surface area contributed by atoms with Crippen LogP contribution in [0.15, 0.2) is 29.4 Å². The third-order valence-electron chi connectivity index (χ3n) is 6.58. The molecule has 1 aliphatic carbocycles. The van der Waals surface area contributed by atoms with E-state index in [1.54, 1.807) is 6.07 Å². The second-order valence-electron chi connectivity index (χ2n) is 9.77. The van der Waals surface area contributed by atoms with Crippen molar-refractivity contribution in [1.29, 1.82) is 0 Å². The fourth-order valence-electron chi connectivity index (χ4n) is 4.68. The Morgan fingerprint density at radius 1 is 1.18 bits per heavy atom. The van der Waals surface area contributed by atoms with Gasteiger partial charge in [0, 0.05) is 17.0 Å². The van der Waals surface area contributed by atoms with Gasteiger partial charge >= 0.3 is 0 Å². The molecule has 1 unspecified atom stereocenters. The third-order valence-corrected chi connectivity index (χ3v) is 8.75. The molecule has 4 N–H and O–H groups in total. The van der Waals surface area contributed by atoms with Crippen LogP contribution in [0.25, 0.3) is 0 Å². The number of benzene rings is 1. The van der Waals surface area contributed by atoms with E-state index in [0.29, 0.717) is 33.7 Å². The maximum Gasteiger partial charge on any atom is 0.251 e. The zero-order valence-corrected chi connectivity index (χ0v) is 23.8. The molecular weight excluding hydrogens is 520 g/mol. The van der Waals surface area contributed by atoms with Gasteiger partial charge in [-0.15, -0.1) is 21.5 Å². The van der Waals surface area contributed by atoms with Gasteiger partial charge in [-0.1, -0.05) is 43.3 Å². The number of aromatic nitrogens is 3.